The standard InChI is InChI=1S/C7H8N2O.H2O/c8-9-7(10)6-4-2-1-3-5-6;/h1-5H,8H2,(H,9,10);1H2. The predicted octanol–water partition coefficient (Wildman–Crippen LogP) is -0.535. The van der Waals surface area contributed by atoms with Crippen LogP contribution in [0.4, 0.5) is 0 Å². The van der Waals surface area contributed by atoms with Crippen molar-refractivity contribution in [3.63, 3.8) is 0 Å². The molecule has 0 saturated heterocycles. The Balaban J connectivity index is 0.000001000. The fourth-order valence-electron chi connectivity index (χ4n) is 0.673. The number of rotatable bonds is 1. The van der Waals surface area contributed by atoms with Crippen LogP contribution in [-0.2, 0) is 0 Å². The fourth-order valence-corrected chi connectivity index (χ4v) is 0.673. The number of amides is 1. The summed E-state index contributed by atoms with van der Waals surface area (Å²) in [6.45, 7) is 0. The Morgan fingerprint density at radius 1 is 1.27 bits per heavy atom. The smallest absolute Gasteiger partial charge is 0.265 e. The lowest BCUT2D eigenvalue weighted by atomic mass is 10.2. The molecule has 1 rings (SSSR count). The molecule has 0 spiro atoms. The minimum absolute atomic E-state index is 0. The number of benzene rings is 1. The van der Waals surface area contributed by atoms with Crippen LogP contribution in [0, 0.1) is 0 Å². The molecule has 5 N–H and O–H groups in total. The lowest BCUT2D eigenvalue weighted by molar-refractivity contribution is 0.0953. The molecule has 11 heavy (non-hydrogen) atoms. The third kappa shape index (κ3) is 2.37. The summed E-state index contributed by atoms with van der Waals surface area (Å²) in [4.78, 5) is 10.8. The van der Waals surface area contributed by atoms with Gasteiger partial charge in [-0.3, -0.25) is 10.2 Å². The quantitative estimate of drug-likeness (QED) is 0.323. The van der Waals surface area contributed by atoms with E-state index >= 15 is 0 Å². The van der Waals surface area contributed by atoms with Gasteiger partial charge >= 0.3 is 0 Å². The summed E-state index contributed by atoms with van der Waals surface area (Å²) < 4.78 is 0. The lowest BCUT2D eigenvalue weighted by Gasteiger charge is -1.95. The molecule has 4 heteroatoms. The van der Waals surface area contributed by atoms with Crippen molar-refractivity contribution in [1.82, 2.24) is 5.43 Å². The highest BCUT2D eigenvalue weighted by Gasteiger charge is 1.98. The normalized spacial score (nSPS) is 8.09. The average molecular weight is 154 g/mol. The molecule has 0 atom stereocenters. The molecule has 1 aromatic rings. The summed E-state index contributed by atoms with van der Waals surface area (Å²) in [5.74, 6) is 4.64. The third-order valence-electron chi connectivity index (χ3n) is 1.17. The minimum Gasteiger partial charge on any atom is -0.412 e. The zero-order chi connectivity index (χ0) is 7.40. The molecular weight excluding hydrogens is 144 g/mol. The first kappa shape index (κ1) is 9.61. The van der Waals surface area contributed by atoms with Crippen molar-refractivity contribution in [3.8, 4) is 0 Å². The molecule has 0 saturated carbocycles. The molecule has 0 radical (unpaired) electrons. The van der Waals surface area contributed by atoms with E-state index in [0.29, 0.717) is 5.56 Å². The summed E-state index contributed by atoms with van der Waals surface area (Å²) in [5, 5.41) is 0. The van der Waals surface area contributed by atoms with E-state index in [1.807, 2.05) is 11.5 Å². The van der Waals surface area contributed by atoms with Crippen LogP contribution < -0.4 is 11.3 Å². The molecule has 0 fully saturated rings. The first-order valence-corrected chi connectivity index (χ1v) is 2.90. The average Bonchev–Trinajstić information content (AvgIpc) is 2.05. The Bertz CT molecular complexity index is 223. The van der Waals surface area contributed by atoms with E-state index < -0.39 is 0 Å². The van der Waals surface area contributed by atoms with Crippen molar-refractivity contribution in [2.45, 2.75) is 0 Å². The molecule has 0 aliphatic rings. The van der Waals surface area contributed by atoms with Crippen LogP contribution in [0.1, 0.15) is 10.4 Å². The number of hydrogen-bond acceptors (Lipinski definition) is 2. The van der Waals surface area contributed by atoms with E-state index in [-0.39, 0.29) is 11.4 Å². The second-order valence-electron chi connectivity index (χ2n) is 1.84. The van der Waals surface area contributed by atoms with Gasteiger partial charge in [0.05, 0.1) is 0 Å². The summed E-state index contributed by atoms with van der Waals surface area (Å²) in [5.41, 5.74) is 2.62. The van der Waals surface area contributed by atoms with Crippen LogP contribution in [0.25, 0.3) is 0 Å². The van der Waals surface area contributed by atoms with E-state index in [2.05, 4.69) is 0 Å². The molecule has 1 amide bonds. The second-order valence-corrected chi connectivity index (χ2v) is 1.84. The van der Waals surface area contributed by atoms with Gasteiger partial charge in [0.2, 0.25) is 0 Å². The number of nitrogens with two attached hydrogens (primary N) is 1. The van der Waals surface area contributed by atoms with Gasteiger partial charge in [0.25, 0.3) is 5.91 Å². The molecule has 60 valence electrons. The van der Waals surface area contributed by atoms with Crippen LogP contribution in [0.15, 0.2) is 30.3 Å². The second kappa shape index (κ2) is 4.43. The minimum atomic E-state index is -0.263. The van der Waals surface area contributed by atoms with Gasteiger partial charge in [0.1, 0.15) is 0 Å². The van der Waals surface area contributed by atoms with Gasteiger partial charge < -0.3 is 5.48 Å². The Kier molecular flexibility index (Phi) is 3.87. The Morgan fingerprint density at radius 3 is 2.27 bits per heavy atom. The van der Waals surface area contributed by atoms with E-state index in [1.165, 1.54) is 0 Å². The van der Waals surface area contributed by atoms with E-state index in [0.717, 1.165) is 0 Å². The molecule has 4 nitrogen and oxygen atoms in total. The maximum absolute atomic E-state index is 10.8. The zero-order valence-electron chi connectivity index (χ0n) is 5.87. The molecule has 0 heterocycles. The predicted molar refractivity (Wildman–Crippen MR) is 41.7 cm³/mol. The van der Waals surface area contributed by atoms with Gasteiger partial charge in [-0.25, -0.2) is 5.84 Å². The van der Waals surface area contributed by atoms with Gasteiger partial charge in [-0.05, 0) is 12.1 Å². The van der Waals surface area contributed by atoms with Crippen molar-refractivity contribution in [2.24, 2.45) is 5.84 Å². The summed E-state index contributed by atoms with van der Waals surface area (Å²) >= 11 is 0. The topological polar surface area (TPSA) is 86.6 Å². The fraction of sp³-hybridized carbons (Fsp3) is 0. The maximum atomic E-state index is 10.8. The summed E-state index contributed by atoms with van der Waals surface area (Å²) in [7, 11) is 0. The molecule has 0 unspecified atom stereocenters. The number of nitrogens with one attached hydrogen (secondary N) is 1. The number of carbonyl (C=O) groups excluding carboxylic acids is 1. The molecule has 0 bridgehead atoms. The van der Waals surface area contributed by atoms with E-state index in [9.17, 15) is 4.79 Å². The Hall–Kier alpha value is -1.39. The summed E-state index contributed by atoms with van der Waals surface area (Å²) in [6.07, 6.45) is 0. The molecule has 1 aromatic carbocycles. The number of hydrazine groups is 1. The first-order valence-electron chi connectivity index (χ1n) is 2.90. The van der Waals surface area contributed by atoms with Crippen molar-refractivity contribution in [2.75, 3.05) is 0 Å². The SMILES string of the molecule is NNC(=O)c1ccccc1.O. The lowest BCUT2D eigenvalue weighted by Crippen LogP contribution is -2.29. The molecule has 0 aromatic heterocycles. The molecule has 0 aliphatic carbocycles. The first-order chi connectivity index (χ1) is 4.84. The monoisotopic (exact) mass is 154 g/mol. The van der Waals surface area contributed by atoms with Crippen molar-refractivity contribution < 1.29 is 10.3 Å². The van der Waals surface area contributed by atoms with Gasteiger partial charge in [-0.2, -0.15) is 0 Å². The van der Waals surface area contributed by atoms with Crippen LogP contribution in [0.3, 0.4) is 0 Å². The Morgan fingerprint density at radius 2 is 1.82 bits per heavy atom. The van der Waals surface area contributed by atoms with Gasteiger partial charge in [-0.1, -0.05) is 18.2 Å². The number of carbonyl (C=O) groups is 1. The van der Waals surface area contributed by atoms with Gasteiger partial charge in [-0.15, -0.1) is 0 Å². The number of nitrogen functional groups attached to an aromatic ring is 1. The van der Waals surface area contributed by atoms with Crippen LogP contribution >= 0.6 is 0 Å². The van der Waals surface area contributed by atoms with E-state index in [1.54, 1.807) is 24.3 Å². The van der Waals surface area contributed by atoms with Crippen LogP contribution in [0.5, 0.6) is 0 Å². The maximum Gasteiger partial charge on any atom is 0.265 e. The van der Waals surface area contributed by atoms with E-state index in [4.69, 9.17) is 5.84 Å². The molecule has 0 aliphatic heterocycles. The highest BCUT2D eigenvalue weighted by molar-refractivity contribution is 5.93. The van der Waals surface area contributed by atoms with Crippen molar-refractivity contribution in [3.05, 3.63) is 35.9 Å². The van der Waals surface area contributed by atoms with Crippen LogP contribution in [-0.4, -0.2) is 11.4 Å². The van der Waals surface area contributed by atoms with Crippen molar-refractivity contribution >= 4 is 5.91 Å². The third-order valence-corrected chi connectivity index (χ3v) is 1.17. The highest BCUT2D eigenvalue weighted by Crippen LogP contribution is 1.95. The van der Waals surface area contributed by atoms with Crippen molar-refractivity contribution in [1.29, 1.82) is 0 Å². The number of hydrogen-bond donors (Lipinski definition) is 2. The zero-order valence-corrected chi connectivity index (χ0v) is 5.87. The van der Waals surface area contributed by atoms with Gasteiger partial charge in [0.15, 0.2) is 0 Å². The van der Waals surface area contributed by atoms with Crippen LogP contribution in [0.2, 0.25) is 0 Å². The summed E-state index contributed by atoms with van der Waals surface area (Å²) in [6, 6.07) is 8.80. The van der Waals surface area contributed by atoms with Gasteiger partial charge in [0, 0.05) is 5.56 Å². The molecular formula is C7H10N2O2. The highest BCUT2D eigenvalue weighted by atomic mass is 16.2. The largest absolute Gasteiger partial charge is 0.412 e. The Labute approximate surface area is 64.3 Å².